The molecule has 0 bridgehead atoms. The Kier molecular flexibility index (Phi) is 2.45. The molecular weight excluding hydrogens is 116 g/mol. The van der Waals surface area contributed by atoms with Gasteiger partial charge in [0.05, 0.1) is 6.67 Å². The average molecular weight is 130 g/mol. The van der Waals surface area contributed by atoms with Gasteiger partial charge in [-0.05, 0) is 6.42 Å². The summed E-state index contributed by atoms with van der Waals surface area (Å²) in [4.78, 5) is 2.03. The summed E-state index contributed by atoms with van der Waals surface area (Å²) >= 11 is 0. The highest BCUT2D eigenvalue weighted by atomic mass is 16.3. The third-order valence-corrected chi connectivity index (χ3v) is 1.57. The summed E-state index contributed by atoms with van der Waals surface area (Å²) in [5, 5.41) is 12.3. The molecule has 3 heteroatoms. The molecule has 1 fully saturated rings. The van der Waals surface area contributed by atoms with Crippen LogP contribution in [0.5, 0.6) is 0 Å². The van der Waals surface area contributed by atoms with Gasteiger partial charge in [-0.15, -0.1) is 0 Å². The fourth-order valence-corrected chi connectivity index (χ4v) is 1.09. The molecule has 0 aromatic rings. The molecule has 0 aromatic carbocycles. The van der Waals surface area contributed by atoms with E-state index in [1.807, 2.05) is 4.90 Å². The first-order valence-electron chi connectivity index (χ1n) is 3.47. The van der Waals surface area contributed by atoms with Crippen molar-refractivity contribution in [3.63, 3.8) is 0 Å². The van der Waals surface area contributed by atoms with Gasteiger partial charge < -0.3 is 10.4 Å². The highest BCUT2D eigenvalue weighted by Gasteiger charge is 2.19. The van der Waals surface area contributed by atoms with Gasteiger partial charge in [0.1, 0.15) is 6.23 Å². The highest BCUT2D eigenvalue weighted by Crippen LogP contribution is 2.00. The Morgan fingerprint density at radius 2 is 2.56 bits per heavy atom. The Balaban J connectivity index is 2.22. The molecule has 0 aliphatic carbocycles. The van der Waals surface area contributed by atoms with Crippen molar-refractivity contribution in [2.24, 2.45) is 0 Å². The second kappa shape index (κ2) is 3.15. The van der Waals surface area contributed by atoms with Crippen LogP contribution in [0.25, 0.3) is 0 Å². The lowest BCUT2D eigenvalue weighted by Crippen LogP contribution is -2.31. The molecule has 1 heterocycles. The number of hydrogen-bond donors (Lipinski definition) is 2. The van der Waals surface area contributed by atoms with Crippen molar-refractivity contribution in [2.45, 2.75) is 19.6 Å². The maximum atomic E-state index is 9.18. The van der Waals surface area contributed by atoms with Gasteiger partial charge in [0.25, 0.3) is 0 Å². The van der Waals surface area contributed by atoms with Crippen molar-refractivity contribution in [1.29, 1.82) is 0 Å². The number of nitrogens with one attached hydrogen (secondary N) is 1. The summed E-state index contributed by atoms with van der Waals surface area (Å²) in [5.74, 6) is 0. The minimum atomic E-state index is -0.245. The minimum Gasteiger partial charge on any atom is -0.377 e. The molecule has 2 N–H and O–H groups in total. The molecular formula is C6H14N2O. The van der Waals surface area contributed by atoms with Crippen molar-refractivity contribution in [3.05, 3.63) is 0 Å². The van der Waals surface area contributed by atoms with Gasteiger partial charge in [0, 0.05) is 13.1 Å². The topological polar surface area (TPSA) is 35.5 Å². The third kappa shape index (κ3) is 1.64. The molecule has 1 saturated heterocycles. The van der Waals surface area contributed by atoms with Crippen molar-refractivity contribution in [1.82, 2.24) is 10.2 Å². The number of nitrogens with zero attached hydrogens (tertiary/aromatic N) is 1. The van der Waals surface area contributed by atoms with Crippen LogP contribution in [0, 0.1) is 0 Å². The quantitative estimate of drug-likeness (QED) is 0.533. The molecule has 54 valence electrons. The predicted molar refractivity (Wildman–Crippen MR) is 35.9 cm³/mol. The molecule has 0 radical (unpaired) electrons. The lowest BCUT2D eigenvalue weighted by Gasteiger charge is -2.16. The van der Waals surface area contributed by atoms with Gasteiger partial charge >= 0.3 is 0 Å². The second-order valence-electron chi connectivity index (χ2n) is 2.41. The van der Waals surface area contributed by atoms with E-state index in [2.05, 4.69) is 12.2 Å². The fourth-order valence-electron chi connectivity index (χ4n) is 1.09. The Bertz CT molecular complexity index is 87.1. The van der Waals surface area contributed by atoms with Crippen LogP contribution >= 0.6 is 0 Å². The summed E-state index contributed by atoms with van der Waals surface area (Å²) in [7, 11) is 0. The zero-order valence-corrected chi connectivity index (χ0v) is 5.80. The molecule has 0 aromatic heterocycles. The molecule has 1 unspecified atom stereocenters. The lowest BCUT2D eigenvalue weighted by atomic mass is 10.4. The highest BCUT2D eigenvalue weighted by molar-refractivity contribution is 4.69. The van der Waals surface area contributed by atoms with E-state index in [1.54, 1.807) is 0 Å². The molecule has 1 rings (SSSR count). The van der Waals surface area contributed by atoms with Crippen LogP contribution in [-0.2, 0) is 0 Å². The van der Waals surface area contributed by atoms with Crippen LogP contribution in [0.1, 0.15) is 13.3 Å². The van der Waals surface area contributed by atoms with E-state index < -0.39 is 0 Å². The zero-order valence-electron chi connectivity index (χ0n) is 5.80. The maximum absolute atomic E-state index is 9.18. The van der Waals surface area contributed by atoms with Crippen molar-refractivity contribution in [2.75, 3.05) is 19.8 Å². The molecule has 1 aliphatic rings. The Morgan fingerprint density at radius 1 is 1.78 bits per heavy atom. The zero-order chi connectivity index (χ0) is 6.69. The van der Waals surface area contributed by atoms with Crippen LogP contribution in [0.3, 0.4) is 0 Å². The minimum absolute atomic E-state index is 0.245. The smallest absolute Gasteiger partial charge is 0.121 e. The van der Waals surface area contributed by atoms with Crippen molar-refractivity contribution in [3.8, 4) is 0 Å². The molecule has 1 aliphatic heterocycles. The molecule has 1 atom stereocenters. The van der Waals surface area contributed by atoms with Crippen molar-refractivity contribution < 1.29 is 5.11 Å². The van der Waals surface area contributed by atoms with Crippen LogP contribution in [0.4, 0.5) is 0 Å². The summed E-state index contributed by atoms with van der Waals surface area (Å²) < 4.78 is 0. The van der Waals surface area contributed by atoms with Gasteiger partial charge in [0.15, 0.2) is 0 Å². The third-order valence-electron chi connectivity index (χ3n) is 1.57. The van der Waals surface area contributed by atoms with E-state index in [4.69, 9.17) is 0 Å². The van der Waals surface area contributed by atoms with E-state index in [-0.39, 0.29) is 6.23 Å². The van der Waals surface area contributed by atoms with Gasteiger partial charge in [-0.2, -0.15) is 0 Å². The number of hydrogen-bond acceptors (Lipinski definition) is 3. The normalized spacial score (nSPS) is 29.3. The van der Waals surface area contributed by atoms with E-state index >= 15 is 0 Å². The molecule has 3 nitrogen and oxygen atoms in total. The number of rotatable bonds is 2. The second-order valence-corrected chi connectivity index (χ2v) is 2.41. The predicted octanol–water partition coefficient (Wildman–Crippen LogP) is -0.423. The molecule has 0 amide bonds. The van der Waals surface area contributed by atoms with E-state index in [9.17, 15) is 5.11 Å². The lowest BCUT2D eigenvalue weighted by molar-refractivity contribution is 0.0474. The maximum Gasteiger partial charge on any atom is 0.121 e. The fraction of sp³-hybridized carbons (Fsp3) is 1.00. The van der Waals surface area contributed by atoms with E-state index in [0.717, 1.165) is 26.2 Å². The number of aliphatic hydroxyl groups is 1. The van der Waals surface area contributed by atoms with Crippen LogP contribution in [0.2, 0.25) is 0 Å². The van der Waals surface area contributed by atoms with E-state index in [0.29, 0.717) is 0 Å². The van der Waals surface area contributed by atoms with E-state index in [1.165, 1.54) is 0 Å². The van der Waals surface area contributed by atoms with Gasteiger partial charge in [-0.1, -0.05) is 6.92 Å². The summed E-state index contributed by atoms with van der Waals surface area (Å²) in [6, 6.07) is 0. The SMILES string of the molecule is CCCN1CNCC1O. The summed E-state index contributed by atoms with van der Waals surface area (Å²) in [5.41, 5.74) is 0. The molecule has 0 saturated carbocycles. The number of β-amino-alcohol motifs (C(OH)–C–C–N with tert-alkyl or cyclic N) is 1. The monoisotopic (exact) mass is 130 g/mol. The van der Waals surface area contributed by atoms with Crippen LogP contribution in [-0.4, -0.2) is 36.0 Å². The molecule has 0 spiro atoms. The van der Waals surface area contributed by atoms with Crippen LogP contribution in [0.15, 0.2) is 0 Å². The number of aliphatic hydroxyl groups excluding tert-OH is 1. The average Bonchev–Trinajstić information content (AvgIpc) is 2.18. The summed E-state index contributed by atoms with van der Waals surface area (Å²) in [6.07, 6.45) is 0.864. The Labute approximate surface area is 55.7 Å². The Morgan fingerprint density at radius 3 is 3.00 bits per heavy atom. The largest absolute Gasteiger partial charge is 0.377 e. The standard InChI is InChI=1S/C6H14N2O/c1-2-3-8-5-7-4-6(8)9/h6-7,9H,2-5H2,1H3. The summed E-state index contributed by atoms with van der Waals surface area (Å²) in [6.45, 7) is 4.67. The van der Waals surface area contributed by atoms with Gasteiger partial charge in [-0.25, -0.2) is 0 Å². The van der Waals surface area contributed by atoms with Gasteiger partial charge in [0.2, 0.25) is 0 Å². The van der Waals surface area contributed by atoms with Crippen molar-refractivity contribution >= 4 is 0 Å². The first-order chi connectivity index (χ1) is 4.34. The van der Waals surface area contributed by atoms with Gasteiger partial charge in [-0.3, -0.25) is 4.90 Å². The first-order valence-corrected chi connectivity index (χ1v) is 3.47. The van der Waals surface area contributed by atoms with Crippen LogP contribution < -0.4 is 5.32 Å². The first kappa shape index (κ1) is 6.99. The Hall–Kier alpha value is -0.120. The molecule has 9 heavy (non-hydrogen) atoms.